The smallest absolute Gasteiger partial charge is 0.187 e. The number of hydrogen-bond acceptors (Lipinski definition) is 4. The highest BCUT2D eigenvalue weighted by atomic mass is 32.2. The van der Waals surface area contributed by atoms with Gasteiger partial charge in [0.2, 0.25) is 0 Å². The monoisotopic (exact) mass is 292 g/mol. The molecule has 3 rings (SSSR count). The van der Waals surface area contributed by atoms with Gasteiger partial charge in [-0.25, -0.2) is 13.1 Å². The van der Waals surface area contributed by atoms with Crippen molar-refractivity contribution in [1.82, 2.24) is 9.78 Å². The normalized spacial score (nSPS) is 12.1. The predicted octanol–water partition coefficient (Wildman–Crippen LogP) is 2.88. The zero-order valence-electron chi connectivity index (χ0n) is 10.3. The molecule has 0 spiro atoms. The number of rotatable bonds is 3. The lowest BCUT2D eigenvalue weighted by molar-refractivity contribution is 0.599. The van der Waals surface area contributed by atoms with Gasteiger partial charge in [0.25, 0.3) is 0 Å². The molecule has 0 aliphatic carbocycles. The van der Waals surface area contributed by atoms with Gasteiger partial charge in [0.05, 0.1) is 17.5 Å². The van der Waals surface area contributed by atoms with Crippen LogP contribution >= 0.6 is 11.3 Å². The number of hydrogen-bond donors (Lipinski definition) is 0. The SMILES string of the molecule is CCS(=O)(=O)c1ccc(-n2ncc3ccccc32)s1. The van der Waals surface area contributed by atoms with E-state index in [0.717, 1.165) is 15.9 Å². The summed E-state index contributed by atoms with van der Waals surface area (Å²) in [6.45, 7) is 1.65. The highest BCUT2D eigenvalue weighted by Crippen LogP contribution is 2.27. The molecule has 0 unspecified atom stereocenters. The average molecular weight is 292 g/mol. The predicted molar refractivity (Wildman–Crippen MR) is 76.7 cm³/mol. The summed E-state index contributed by atoms with van der Waals surface area (Å²) in [5, 5.41) is 6.17. The first-order chi connectivity index (χ1) is 9.12. The molecule has 0 aliphatic heterocycles. The first-order valence-electron chi connectivity index (χ1n) is 5.87. The molecule has 2 heterocycles. The van der Waals surface area contributed by atoms with Gasteiger partial charge in [0.1, 0.15) is 9.21 Å². The van der Waals surface area contributed by atoms with Crippen molar-refractivity contribution in [1.29, 1.82) is 0 Å². The second-order valence-electron chi connectivity index (χ2n) is 4.11. The van der Waals surface area contributed by atoms with Crippen LogP contribution in [0.15, 0.2) is 46.8 Å². The van der Waals surface area contributed by atoms with E-state index >= 15 is 0 Å². The number of fused-ring (bicyclic) bond motifs is 1. The van der Waals surface area contributed by atoms with Gasteiger partial charge < -0.3 is 0 Å². The van der Waals surface area contributed by atoms with Crippen molar-refractivity contribution in [3.05, 3.63) is 42.6 Å². The summed E-state index contributed by atoms with van der Waals surface area (Å²) < 4.78 is 25.8. The highest BCUT2D eigenvalue weighted by molar-refractivity contribution is 7.93. The maximum Gasteiger partial charge on any atom is 0.187 e. The zero-order chi connectivity index (χ0) is 13.5. The van der Waals surface area contributed by atoms with Gasteiger partial charge in [-0.1, -0.05) is 25.1 Å². The molecular weight excluding hydrogens is 280 g/mol. The molecule has 6 heteroatoms. The zero-order valence-corrected chi connectivity index (χ0v) is 11.9. The van der Waals surface area contributed by atoms with Crippen LogP contribution in [0.5, 0.6) is 0 Å². The van der Waals surface area contributed by atoms with E-state index in [0.29, 0.717) is 4.21 Å². The standard InChI is InChI=1S/C13H12N2O2S2/c1-2-19(16,17)13-8-7-12(18-13)15-11-6-4-3-5-10(11)9-14-15/h3-9H,2H2,1H3. The fraction of sp³-hybridized carbons (Fsp3) is 0.154. The second-order valence-corrected chi connectivity index (χ2v) is 7.68. The van der Waals surface area contributed by atoms with E-state index in [-0.39, 0.29) is 5.75 Å². The van der Waals surface area contributed by atoms with Gasteiger partial charge in [-0.3, -0.25) is 0 Å². The Kier molecular flexibility index (Phi) is 2.91. The summed E-state index contributed by atoms with van der Waals surface area (Å²) in [7, 11) is -3.14. The number of nitrogens with zero attached hydrogens (tertiary/aromatic N) is 2. The van der Waals surface area contributed by atoms with E-state index in [1.165, 1.54) is 11.3 Å². The number of para-hydroxylation sites is 1. The third-order valence-electron chi connectivity index (χ3n) is 2.94. The van der Waals surface area contributed by atoms with Crippen molar-refractivity contribution in [2.24, 2.45) is 0 Å². The van der Waals surface area contributed by atoms with Crippen molar-refractivity contribution < 1.29 is 8.42 Å². The van der Waals surface area contributed by atoms with Crippen LogP contribution in [0, 0.1) is 0 Å². The van der Waals surface area contributed by atoms with Gasteiger partial charge in [-0.2, -0.15) is 5.10 Å². The first kappa shape index (κ1) is 12.4. The quantitative estimate of drug-likeness (QED) is 0.746. The molecule has 0 atom stereocenters. The second kappa shape index (κ2) is 4.47. The van der Waals surface area contributed by atoms with Crippen molar-refractivity contribution in [2.45, 2.75) is 11.1 Å². The summed E-state index contributed by atoms with van der Waals surface area (Å²) in [6, 6.07) is 11.3. The molecule has 0 radical (unpaired) electrons. The molecule has 0 bridgehead atoms. The third-order valence-corrected chi connectivity index (χ3v) is 6.32. The number of benzene rings is 1. The molecular formula is C13H12N2O2S2. The minimum Gasteiger partial charge on any atom is -0.223 e. The van der Waals surface area contributed by atoms with Crippen molar-refractivity contribution in [2.75, 3.05) is 5.75 Å². The topological polar surface area (TPSA) is 52.0 Å². The van der Waals surface area contributed by atoms with Crippen LogP contribution < -0.4 is 0 Å². The van der Waals surface area contributed by atoms with Gasteiger partial charge in [0, 0.05) is 5.39 Å². The average Bonchev–Trinajstić information content (AvgIpc) is 3.05. The molecule has 0 fully saturated rings. The Hall–Kier alpha value is -1.66. The molecule has 0 N–H and O–H groups in total. The Bertz CT molecular complexity index is 831. The lowest BCUT2D eigenvalue weighted by Crippen LogP contribution is -2.00. The first-order valence-corrected chi connectivity index (χ1v) is 8.34. The molecule has 3 aromatic rings. The van der Waals surface area contributed by atoms with Crippen LogP contribution in [0.25, 0.3) is 15.9 Å². The van der Waals surface area contributed by atoms with Crippen LogP contribution in [0.1, 0.15) is 6.92 Å². The number of aromatic nitrogens is 2. The third kappa shape index (κ3) is 2.06. The molecule has 19 heavy (non-hydrogen) atoms. The molecule has 0 aliphatic rings. The summed E-state index contributed by atoms with van der Waals surface area (Å²) in [5.74, 6) is 0.118. The molecule has 98 valence electrons. The van der Waals surface area contributed by atoms with E-state index in [1.54, 1.807) is 29.9 Å². The maximum absolute atomic E-state index is 11.8. The van der Waals surface area contributed by atoms with Crippen molar-refractivity contribution in [3.63, 3.8) is 0 Å². The van der Waals surface area contributed by atoms with Gasteiger partial charge >= 0.3 is 0 Å². The summed E-state index contributed by atoms with van der Waals surface area (Å²) in [6.07, 6.45) is 1.78. The van der Waals surface area contributed by atoms with E-state index < -0.39 is 9.84 Å². The van der Waals surface area contributed by atoms with Crippen LogP contribution in [0.2, 0.25) is 0 Å². The van der Waals surface area contributed by atoms with Gasteiger partial charge in [-0.15, -0.1) is 11.3 Å². The number of sulfone groups is 1. The Morgan fingerprint density at radius 1 is 1.21 bits per heavy atom. The lowest BCUT2D eigenvalue weighted by atomic mass is 10.3. The Morgan fingerprint density at radius 2 is 2.00 bits per heavy atom. The molecule has 0 saturated carbocycles. The minimum absolute atomic E-state index is 0.118. The van der Waals surface area contributed by atoms with E-state index in [1.807, 2.05) is 24.3 Å². The molecule has 0 saturated heterocycles. The summed E-state index contributed by atoms with van der Waals surface area (Å²) in [5.41, 5.74) is 0.977. The van der Waals surface area contributed by atoms with Crippen LogP contribution in [-0.4, -0.2) is 24.0 Å². The molecule has 4 nitrogen and oxygen atoms in total. The Morgan fingerprint density at radius 3 is 2.79 bits per heavy atom. The molecule has 0 amide bonds. The minimum atomic E-state index is -3.14. The van der Waals surface area contributed by atoms with Gasteiger partial charge in [0.15, 0.2) is 9.84 Å². The van der Waals surface area contributed by atoms with E-state index in [9.17, 15) is 8.42 Å². The highest BCUT2D eigenvalue weighted by Gasteiger charge is 2.16. The van der Waals surface area contributed by atoms with E-state index in [4.69, 9.17) is 0 Å². The van der Waals surface area contributed by atoms with Crippen LogP contribution in [-0.2, 0) is 9.84 Å². The van der Waals surface area contributed by atoms with Crippen molar-refractivity contribution >= 4 is 32.1 Å². The summed E-state index contributed by atoms with van der Waals surface area (Å²) >= 11 is 1.25. The van der Waals surface area contributed by atoms with Gasteiger partial charge in [-0.05, 0) is 18.2 Å². The van der Waals surface area contributed by atoms with E-state index in [2.05, 4.69) is 5.10 Å². The largest absolute Gasteiger partial charge is 0.223 e. The lowest BCUT2D eigenvalue weighted by Gasteiger charge is -1.99. The van der Waals surface area contributed by atoms with Crippen LogP contribution in [0.3, 0.4) is 0 Å². The number of thiophene rings is 1. The Labute approximate surface area is 115 Å². The van der Waals surface area contributed by atoms with Crippen molar-refractivity contribution in [3.8, 4) is 5.00 Å². The maximum atomic E-state index is 11.8. The Balaban J connectivity index is 2.13. The molecule has 2 aromatic heterocycles. The fourth-order valence-corrected chi connectivity index (χ4v) is 4.27. The fourth-order valence-electron chi connectivity index (χ4n) is 1.88. The molecule has 1 aromatic carbocycles. The summed E-state index contributed by atoms with van der Waals surface area (Å²) in [4.78, 5) is 0. The van der Waals surface area contributed by atoms with Crippen LogP contribution in [0.4, 0.5) is 0 Å².